The number of carboxylic acid groups (broad SMARTS) is 1. The van der Waals surface area contributed by atoms with Gasteiger partial charge in [-0.2, -0.15) is 0 Å². The topological polar surface area (TPSA) is 95.9 Å². The molecule has 0 bridgehead atoms. The van der Waals surface area contributed by atoms with Crippen LogP contribution in [0.25, 0.3) is 0 Å². The largest absolute Gasteiger partial charge is 0.479 e. The van der Waals surface area contributed by atoms with Crippen LogP contribution in [-0.2, 0) is 19.1 Å². The number of carboxylic acids is 1. The highest BCUT2D eigenvalue weighted by atomic mass is 16.5. The van der Waals surface area contributed by atoms with Gasteiger partial charge in [-0.15, -0.1) is 0 Å². The van der Waals surface area contributed by atoms with E-state index in [0.29, 0.717) is 12.2 Å². The van der Waals surface area contributed by atoms with Gasteiger partial charge < -0.3 is 20.1 Å². The van der Waals surface area contributed by atoms with E-state index >= 15 is 0 Å². The summed E-state index contributed by atoms with van der Waals surface area (Å²) in [5.41, 5.74) is 1.40. The summed E-state index contributed by atoms with van der Waals surface area (Å²) in [5.74, 6) is -2.11. The lowest BCUT2D eigenvalue weighted by Gasteiger charge is -2.37. The molecule has 2 aliphatic rings. The molecule has 3 rings (SSSR count). The summed E-state index contributed by atoms with van der Waals surface area (Å²) < 4.78 is 5.33. The Morgan fingerprint density at radius 1 is 1.30 bits per heavy atom. The van der Waals surface area contributed by atoms with Crippen molar-refractivity contribution in [3.63, 3.8) is 0 Å². The Morgan fingerprint density at radius 3 is 2.78 bits per heavy atom. The number of fused-ring (bicyclic) bond motifs is 1. The summed E-state index contributed by atoms with van der Waals surface area (Å²) in [6.07, 6.45) is -1.32. The number of benzene rings is 1. The molecule has 2 aliphatic heterocycles. The Kier molecular flexibility index (Phi) is 4.04. The van der Waals surface area contributed by atoms with Crippen molar-refractivity contribution in [3.8, 4) is 0 Å². The number of morpholine rings is 1. The quantitative estimate of drug-likeness (QED) is 0.841. The van der Waals surface area contributed by atoms with Crippen LogP contribution in [0.4, 0.5) is 5.69 Å². The van der Waals surface area contributed by atoms with Gasteiger partial charge in [0.25, 0.3) is 0 Å². The smallest absolute Gasteiger partial charge is 0.334 e. The third kappa shape index (κ3) is 3.05. The van der Waals surface area contributed by atoms with Crippen molar-refractivity contribution in [1.82, 2.24) is 4.90 Å². The molecule has 0 aromatic heterocycles. The fraction of sp³-hybridized carbons (Fsp3) is 0.438. The van der Waals surface area contributed by atoms with Crippen molar-refractivity contribution in [2.45, 2.75) is 31.5 Å². The first-order valence-corrected chi connectivity index (χ1v) is 7.51. The van der Waals surface area contributed by atoms with Crippen molar-refractivity contribution < 1.29 is 24.2 Å². The minimum Gasteiger partial charge on any atom is -0.479 e. The third-order valence-corrected chi connectivity index (χ3v) is 4.15. The second-order valence-electron chi connectivity index (χ2n) is 5.91. The highest BCUT2D eigenvalue weighted by molar-refractivity contribution is 6.01. The first-order valence-electron chi connectivity index (χ1n) is 7.51. The number of carbonyl (C=O) groups is 3. The van der Waals surface area contributed by atoms with Crippen LogP contribution in [0.2, 0.25) is 0 Å². The number of hydrogen-bond acceptors (Lipinski definition) is 4. The molecule has 1 saturated heterocycles. The van der Waals surface area contributed by atoms with Gasteiger partial charge in [0.15, 0.2) is 6.10 Å². The normalized spacial score (nSPS) is 27.1. The number of para-hydroxylation sites is 1. The third-order valence-electron chi connectivity index (χ3n) is 4.15. The van der Waals surface area contributed by atoms with Gasteiger partial charge in [-0.1, -0.05) is 18.2 Å². The van der Waals surface area contributed by atoms with Crippen LogP contribution in [0.1, 0.15) is 24.8 Å². The van der Waals surface area contributed by atoms with E-state index in [0.717, 1.165) is 5.56 Å². The molecule has 23 heavy (non-hydrogen) atoms. The van der Waals surface area contributed by atoms with Gasteiger partial charge in [0.05, 0.1) is 18.6 Å². The summed E-state index contributed by atoms with van der Waals surface area (Å²) in [7, 11) is 0. The molecule has 0 radical (unpaired) electrons. The molecule has 1 aromatic carbocycles. The van der Waals surface area contributed by atoms with Gasteiger partial charge in [-0.05, 0) is 18.6 Å². The maximum Gasteiger partial charge on any atom is 0.334 e. The zero-order chi connectivity index (χ0) is 16.6. The number of hydrogen-bond donors (Lipinski definition) is 2. The fourth-order valence-electron chi connectivity index (χ4n) is 3.12. The van der Waals surface area contributed by atoms with Gasteiger partial charge in [0, 0.05) is 18.7 Å². The van der Waals surface area contributed by atoms with Crippen molar-refractivity contribution >= 4 is 23.5 Å². The molecule has 3 atom stereocenters. The predicted octanol–water partition coefficient (Wildman–Crippen LogP) is 0.813. The number of nitrogens with one attached hydrogen (secondary N) is 1. The molecule has 0 saturated carbocycles. The van der Waals surface area contributed by atoms with Crippen molar-refractivity contribution in [3.05, 3.63) is 29.8 Å². The lowest BCUT2D eigenvalue weighted by atomic mass is 9.89. The van der Waals surface area contributed by atoms with E-state index in [1.54, 1.807) is 19.1 Å². The zero-order valence-corrected chi connectivity index (χ0v) is 12.7. The Labute approximate surface area is 133 Å². The van der Waals surface area contributed by atoms with E-state index in [1.807, 2.05) is 12.1 Å². The number of anilines is 1. The summed E-state index contributed by atoms with van der Waals surface area (Å²) >= 11 is 0. The molecule has 2 amide bonds. The van der Waals surface area contributed by atoms with E-state index in [-0.39, 0.29) is 30.9 Å². The second kappa shape index (κ2) is 6.00. The number of nitrogens with zero attached hydrogens (tertiary/aromatic N) is 1. The summed E-state index contributed by atoms with van der Waals surface area (Å²) in [6.45, 7) is 2.05. The van der Waals surface area contributed by atoms with E-state index in [2.05, 4.69) is 5.32 Å². The molecule has 2 N–H and O–H groups in total. The van der Waals surface area contributed by atoms with E-state index in [1.165, 1.54) is 4.90 Å². The number of amides is 2. The predicted molar refractivity (Wildman–Crippen MR) is 81.0 cm³/mol. The summed E-state index contributed by atoms with van der Waals surface area (Å²) in [4.78, 5) is 37.4. The highest BCUT2D eigenvalue weighted by Crippen LogP contribution is 2.33. The fourth-order valence-corrected chi connectivity index (χ4v) is 3.12. The minimum absolute atomic E-state index is 0.00120. The van der Waals surface area contributed by atoms with Crippen molar-refractivity contribution in [1.29, 1.82) is 0 Å². The van der Waals surface area contributed by atoms with E-state index < -0.39 is 18.0 Å². The first kappa shape index (κ1) is 15.5. The van der Waals surface area contributed by atoms with Crippen LogP contribution < -0.4 is 5.32 Å². The molecule has 7 nitrogen and oxygen atoms in total. The standard InChI is InChI=1S/C16H18N2O5/c1-9-7-18(8-13(23-9)16(21)22)15(20)11-6-14(19)17-12-5-3-2-4-10(11)12/h2-5,9,11,13H,6-8H2,1H3,(H,17,19)(H,21,22)/t9-,11?,13?/m1/s1. The maximum atomic E-state index is 12.9. The molecule has 1 aromatic rings. The Balaban J connectivity index is 1.85. The minimum atomic E-state index is -1.09. The van der Waals surface area contributed by atoms with Gasteiger partial charge >= 0.3 is 5.97 Å². The molecule has 1 fully saturated rings. The van der Waals surface area contributed by atoms with Crippen LogP contribution in [-0.4, -0.2) is 53.1 Å². The molecule has 0 aliphatic carbocycles. The van der Waals surface area contributed by atoms with Gasteiger partial charge in [0.1, 0.15) is 0 Å². The first-order chi connectivity index (χ1) is 11.0. The molecule has 0 spiro atoms. The number of aliphatic carboxylic acids is 1. The molecule has 2 unspecified atom stereocenters. The van der Waals surface area contributed by atoms with Crippen LogP contribution in [0.15, 0.2) is 24.3 Å². The highest BCUT2D eigenvalue weighted by Gasteiger charge is 2.38. The van der Waals surface area contributed by atoms with Crippen molar-refractivity contribution in [2.75, 3.05) is 18.4 Å². The molecular weight excluding hydrogens is 300 g/mol. The SMILES string of the molecule is C[C@@H]1CN(C(=O)C2CC(=O)Nc3ccccc32)CC(C(=O)O)O1. The Morgan fingerprint density at radius 2 is 2.04 bits per heavy atom. The van der Waals surface area contributed by atoms with Gasteiger partial charge in [-0.25, -0.2) is 4.79 Å². The number of rotatable bonds is 2. The molecule has 122 valence electrons. The van der Waals surface area contributed by atoms with Crippen LogP contribution in [0.3, 0.4) is 0 Å². The molecule has 2 heterocycles. The Bertz CT molecular complexity index is 660. The van der Waals surface area contributed by atoms with E-state index in [9.17, 15) is 14.4 Å². The van der Waals surface area contributed by atoms with Crippen molar-refractivity contribution in [2.24, 2.45) is 0 Å². The second-order valence-corrected chi connectivity index (χ2v) is 5.91. The van der Waals surface area contributed by atoms with Crippen LogP contribution >= 0.6 is 0 Å². The van der Waals surface area contributed by atoms with Crippen LogP contribution in [0, 0.1) is 0 Å². The van der Waals surface area contributed by atoms with E-state index in [4.69, 9.17) is 9.84 Å². The molecule has 7 heteroatoms. The lowest BCUT2D eigenvalue weighted by molar-refractivity contribution is -0.167. The number of carbonyl (C=O) groups excluding carboxylic acids is 2. The van der Waals surface area contributed by atoms with Gasteiger partial charge in [0.2, 0.25) is 11.8 Å². The zero-order valence-electron chi connectivity index (χ0n) is 12.7. The average molecular weight is 318 g/mol. The van der Waals surface area contributed by atoms with Gasteiger partial charge in [-0.3, -0.25) is 9.59 Å². The monoisotopic (exact) mass is 318 g/mol. The number of ether oxygens (including phenoxy) is 1. The lowest BCUT2D eigenvalue weighted by Crippen LogP contribution is -2.53. The summed E-state index contributed by atoms with van der Waals surface area (Å²) in [6, 6.07) is 7.19. The average Bonchev–Trinajstić information content (AvgIpc) is 2.52. The molecular formula is C16H18N2O5. The Hall–Kier alpha value is -2.41. The van der Waals surface area contributed by atoms with Crippen LogP contribution in [0.5, 0.6) is 0 Å². The summed E-state index contributed by atoms with van der Waals surface area (Å²) in [5, 5.41) is 11.9. The maximum absolute atomic E-state index is 12.9.